The second kappa shape index (κ2) is 9.11. The predicted molar refractivity (Wildman–Crippen MR) is 109 cm³/mol. The lowest BCUT2D eigenvalue weighted by Crippen LogP contribution is -2.18. The van der Waals surface area contributed by atoms with Gasteiger partial charge in [0.05, 0.1) is 12.2 Å². The zero-order chi connectivity index (χ0) is 26.6. The van der Waals surface area contributed by atoms with E-state index in [9.17, 15) is 43.5 Å². The minimum absolute atomic E-state index is 0.00296. The summed E-state index contributed by atoms with van der Waals surface area (Å²) in [6.45, 7) is -0.00296. The molecule has 1 aliphatic rings. The molecule has 14 heteroatoms. The van der Waals surface area contributed by atoms with Gasteiger partial charge in [0.25, 0.3) is 0 Å². The van der Waals surface area contributed by atoms with E-state index in [2.05, 4.69) is 4.18 Å². The average molecular weight is 559 g/mol. The first-order valence-corrected chi connectivity index (χ1v) is 11.6. The molecule has 1 atom stereocenters. The van der Waals surface area contributed by atoms with Crippen molar-refractivity contribution in [2.45, 2.75) is 23.4 Å². The highest BCUT2D eigenvalue weighted by Gasteiger charge is 2.34. The fraction of sp³-hybridized carbons (Fsp3) is 0.182. The van der Waals surface area contributed by atoms with Crippen molar-refractivity contribution in [3.05, 3.63) is 87.2 Å². The summed E-state index contributed by atoms with van der Waals surface area (Å²) >= 11 is 6.08. The number of halogens is 9. The van der Waals surface area contributed by atoms with Gasteiger partial charge in [-0.2, -0.15) is 30.4 Å². The lowest BCUT2D eigenvalue weighted by Gasteiger charge is -2.27. The topological polar surface area (TPSA) is 52.6 Å². The number of fused-ring (bicyclic) bond motifs is 1. The van der Waals surface area contributed by atoms with Crippen molar-refractivity contribution in [2.75, 3.05) is 6.61 Å². The molecule has 0 unspecified atom stereocenters. The molecule has 0 amide bonds. The van der Waals surface area contributed by atoms with Gasteiger partial charge < -0.3 is 8.92 Å². The Bertz CT molecular complexity index is 1440. The first kappa shape index (κ1) is 26.0. The molecule has 0 N–H and O–H groups in total. The third-order valence-electron chi connectivity index (χ3n) is 5.38. The van der Waals surface area contributed by atoms with Crippen LogP contribution in [0.1, 0.15) is 29.0 Å². The highest BCUT2D eigenvalue weighted by molar-refractivity contribution is 7.87. The van der Waals surface area contributed by atoms with Gasteiger partial charge in [-0.1, -0.05) is 23.7 Å². The fourth-order valence-corrected chi connectivity index (χ4v) is 4.91. The van der Waals surface area contributed by atoms with Crippen molar-refractivity contribution < 1.29 is 52.5 Å². The van der Waals surface area contributed by atoms with Crippen LogP contribution < -0.4 is 8.92 Å². The highest BCUT2D eigenvalue weighted by atomic mass is 35.5. The Morgan fingerprint density at radius 1 is 0.861 bits per heavy atom. The second-order valence-corrected chi connectivity index (χ2v) is 9.51. The van der Waals surface area contributed by atoms with Crippen molar-refractivity contribution in [3.63, 3.8) is 0 Å². The van der Waals surface area contributed by atoms with Crippen molar-refractivity contribution >= 4 is 21.7 Å². The SMILES string of the molecule is O=S(=O)(Oc1c(F)c(F)c(F)c(F)c1F)c1ccc2c(c1)OCC[C@@H]2c1ccc(C(F)(F)F)cc1Cl. The molecular weight excluding hydrogens is 548 g/mol. The molecule has 3 aromatic rings. The Balaban J connectivity index is 1.70. The molecule has 1 heterocycles. The summed E-state index contributed by atoms with van der Waals surface area (Å²) in [4.78, 5) is -0.746. The van der Waals surface area contributed by atoms with Crippen molar-refractivity contribution in [1.82, 2.24) is 0 Å². The maximum atomic E-state index is 13.9. The Labute approximate surface area is 203 Å². The fourth-order valence-electron chi connectivity index (χ4n) is 3.65. The number of hydrogen-bond donors (Lipinski definition) is 0. The van der Waals surface area contributed by atoms with Crippen LogP contribution in [-0.2, 0) is 16.3 Å². The third kappa shape index (κ3) is 4.57. The van der Waals surface area contributed by atoms with E-state index in [1.807, 2.05) is 0 Å². The predicted octanol–water partition coefficient (Wildman–Crippen LogP) is 6.74. The van der Waals surface area contributed by atoms with Crippen LogP contribution >= 0.6 is 11.6 Å². The Morgan fingerprint density at radius 2 is 1.44 bits per heavy atom. The van der Waals surface area contributed by atoms with Crippen LogP contribution in [0.15, 0.2) is 41.3 Å². The summed E-state index contributed by atoms with van der Waals surface area (Å²) < 4.78 is 141. The molecular formula is C22H11ClF8O4S. The van der Waals surface area contributed by atoms with E-state index in [-0.39, 0.29) is 23.8 Å². The quantitative estimate of drug-likeness (QED) is 0.154. The Morgan fingerprint density at radius 3 is 2.03 bits per heavy atom. The standard InChI is InChI=1S/C22H11ClF8O4S/c23-14-7-9(22(29,30)31)1-3-12(14)11-5-6-34-15-8-10(2-4-13(11)15)36(32,33)35-21-19(27)17(25)16(24)18(26)20(21)28/h1-4,7-8,11H,5-6H2/t11-/m1/s1. The molecule has 0 spiro atoms. The normalized spacial score (nSPS) is 15.9. The number of ether oxygens (including phenoxy) is 1. The van der Waals surface area contributed by atoms with Gasteiger partial charge >= 0.3 is 16.3 Å². The summed E-state index contributed by atoms with van der Waals surface area (Å²) in [5.41, 5.74) is -0.323. The van der Waals surface area contributed by atoms with Crippen molar-refractivity contribution in [1.29, 1.82) is 0 Å². The summed E-state index contributed by atoms with van der Waals surface area (Å²) in [7, 11) is -5.12. The largest absolute Gasteiger partial charge is 0.493 e. The van der Waals surface area contributed by atoms with Crippen molar-refractivity contribution in [3.8, 4) is 11.5 Å². The van der Waals surface area contributed by atoms with E-state index in [1.54, 1.807) is 0 Å². The van der Waals surface area contributed by atoms with Crippen LogP contribution in [0.4, 0.5) is 35.1 Å². The van der Waals surface area contributed by atoms with Gasteiger partial charge in [-0.3, -0.25) is 0 Å². The van der Waals surface area contributed by atoms with E-state index < -0.39 is 67.5 Å². The molecule has 1 aliphatic heterocycles. The van der Waals surface area contributed by atoms with E-state index in [0.717, 1.165) is 24.3 Å². The van der Waals surface area contributed by atoms with Gasteiger partial charge in [0, 0.05) is 22.6 Å². The van der Waals surface area contributed by atoms with Crippen LogP contribution in [0.3, 0.4) is 0 Å². The average Bonchev–Trinajstić information content (AvgIpc) is 2.83. The smallest absolute Gasteiger partial charge is 0.416 e. The molecule has 0 fully saturated rings. The molecule has 36 heavy (non-hydrogen) atoms. The maximum Gasteiger partial charge on any atom is 0.416 e. The molecule has 4 nitrogen and oxygen atoms in total. The molecule has 0 aromatic heterocycles. The molecule has 0 saturated heterocycles. The van der Waals surface area contributed by atoms with Gasteiger partial charge in [-0.15, -0.1) is 0 Å². The van der Waals surface area contributed by atoms with E-state index in [4.69, 9.17) is 16.3 Å². The molecule has 0 aliphatic carbocycles. The number of alkyl halides is 3. The lowest BCUT2D eigenvalue weighted by atomic mass is 9.86. The van der Waals surface area contributed by atoms with Gasteiger partial charge in [-0.25, -0.2) is 13.2 Å². The molecule has 192 valence electrons. The van der Waals surface area contributed by atoms with E-state index >= 15 is 0 Å². The number of benzene rings is 3. The maximum absolute atomic E-state index is 13.9. The van der Waals surface area contributed by atoms with Crippen LogP contribution in [0.5, 0.6) is 11.5 Å². The van der Waals surface area contributed by atoms with Gasteiger partial charge in [0.2, 0.25) is 34.8 Å². The molecule has 4 rings (SSSR count). The van der Waals surface area contributed by atoms with Crippen LogP contribution in [0.2, 0.25) is 5.02 Å². The highest BCUT2D eigenvalue weighted by Crippen LogP contribution is 2.43. The number of rotatable bonds is 4. The summed E-state index contributed by atoms with van der Waals surface area (Å²) in [5.74, 6) is -14.9. The van der Waals surface area contributed by atoms with Crippen molar-refractivity contribution in [2.24, 2.45) is 0 Å². The Hall–Kier alpha value is -3.06. The van der Waals surface area contributed by atoms with E-state index in [0.29, 0.717) is 11.1 Å². The summed E-state index contributed by atoms with van der Waals surface area (Å²) in [6, 6.07) is 5.79. The minimum atomic E-state index is -5.12. The molecule has 0 bridgehead atoms. The second-order valence-electron chi connectivity index (χ2n) is 7.56. The van der Waals surface area contributed by atoms with Gasteiger partial charge in [-0.05, 0) is 30.2 Å². The van der Waals surface area contributed by atoms with Crippen LogP contribution in [-0.4, -0.2) is 15.0 Å². The van der Waals surface area contributed by atoms with Crippen LogP contribution in [0.25, 0.3) is 0 Å². The minimum Gasteiger partial charge on any atom is -0.493 e. The zero-order valence-electron chi connectivity index (χ0n) is 17.4. The van der Waals surface area contributed by atoms with E-state index in [1.165, 1.54) is 12.1 Å². The third-order valence-corrected chi connectivity index (χ3v) is 6.92. The summed E-state index contributed by atoms with van der Waals surface area (Å²) in [5, 5.41) is -0.186. The molecule has 0 radical (unpaired) electrons. The molecule has 3 aromatic carbocycles. The lowest BCUT2D eigenvalue weighted by molar-refractivity contribution is -0.137. The van der Waals surface area contributed by atoms with Gasteiger partial charge in [0.1, 0.15) is 10.6 Å². The molecule has 0 saturated carbocycles. The van der Waals surface area contributed by atoms with Gasteiger partial charge in [0.15, 0.2) is 0 Å². The zero-order valence-corrected chi connectivity index (χ0v) is 19.0. The first-order valence-electron chi connectivity index (χ1n) is 9.81. The monoisotopic (exact) mass is 558 g/mol. The number of hydrogen-bond acceptors (Lipinski definition) is 4. The Kier molecular flexibility index (Phi) is 6.58. The summed E-state index contributed by atoms with van der Waals surface area (Å²) in [6.07, 6.45) is -4.35. The van der Waals surface area contributed by atoms with Crippen LogP contribution in [0, 0.1) is 29.1 Å². The first-order chi connectivity index (χ1) is 16.7.